The zero-order valence-corrected chi connectivity index (χ0v) is 23.6. The van der Waals surface area contributed by atoms with Crippen LogP contribution in [0, 0.1) is 6.92 Å². The molecule has 0 spiro atoms. The molecule has 7 nitrogen and oxygen atoms in total. The normalized spacial score (nSPS) is 15.1. The fourth-order valence-corrected chi connectivity index (χ4v) is 5.38. The van der Waals surface area contributed by atoms with E-state index in [-0.39, 0.29) is 11.9 Å². The van der Waals surface area contributed by atoms with Crippen LogP contribution in [0.15, 0.2) is 42.5 Å². The highest BCUT2D eigenvalue weighted by Crippen LogP contribution is 2.28. The average molecular weight is 540 g/mol. The van der Waals surface area contributed by atoms with Crippen LogP contribution in [-0.2, 0) is 16.1 Å². The highest BCUT2D eigenvalue weighted by Gasteiger charge is 2.25. The number of carboxylic acid groups (broad SMARTS) is 1. The number of benzene rings is 2. The Morgan fingerprint density at radius 3 is 2.39 bits per heavy atom. The van der Waals surface area contributed by atoms with Crippen LogP contribution < -0.4 is 10.6 Å². The van der Waals surface area contributed by atoms with Crippen molar-refractivity contribution in [2.45, 2.75) is 71.0 Å². The van der Waals surface area contributed by atoms with Gasteiger partial charge in [-0.15, -0.1) is 0 Å². The second kappa shape index (κ2) is 14.9. The minimum atomic E-state index is -1.04. The first-order valence-corrected chi connectivity index (χ1v) is 15.0. The molecule has 2 amide bonds. The first-order chi connectivity index (χ1) is 18.3. The summed E-state index contributed by atoms with van der Waals surface area (Å²) in [7, 11) is 0. The van der Waals surface area contributed by atoms with Crippen molar-refractivity contribution in [3.05, 3.63) is 59.2 Å². The minimum Gasteiger partial charge on any atom is -0.480 e. The van der Waals surface area contributed by atoms with Crippen LogP contribution in [0.25, 0.3) is 11.1 Å². The summed E-state index contributed by atoms with van der Waals surface area (Å²) >= 11 is 1.55. The lowest BCUT2D eigenvalue weighted by Gasteiger charge is -2.31. The van der Waals surface area contributed by atoms with Crippen LogP contribution in [0.3, 0.4) is 0 Å². The number of thioether (sulfide) groups is 1. The number of hydrogen-bond donors (Lipinski definition) is 3. The SMILES string of the molecule is CCCC(NCc1ccc(C(=O)NC(CCSC)C(=O)O)c(-c2ccccc2C)c1)C(=O)N1CCCCC1. The number of piperidine rings is 1. The number of carbonyl (C=O) groups is 3. The van der Waals surface area contributed by atoms with Gasteiger partial charge in [0.25, 0.3) is 5.91 Å². The molecule has 0 radical (unpaired) electrons. The van der Waals surface area contributed by atoms with E-state index in [9.17, 15) is 19.5 Å². The molecule has 206 valence electrons. The third-order valence-corrected chi connectivity index (χ3v) is 7.72. The van der Waals surface area contributed by atoms with Gasteiger partial charge in [0.2, 0.25) is 5.91 Å². The largest absolute Gasteiger partial charge is 0.480 e. The van der Waals surface area contributed by atoms with Gasteiger partial charge < -0.3 is 20.6 Å². The summed E-state index contributed by atoms with van der Waals surface area (Å²) in [6.45, 7) is 6.24. The molecule has 0 aliphatic carbocycles. The van der Waals surface area contributed by atoms with Crippen LogP contribution in [0.1, 0.15) is 66.9 Å². The summed E-state index contributed by atoms with van der Waals surface area (Å²) in [4.78, 5) is 40.2. The van der Waals surface area contributed by atoms with Crippen molar-refractivity contribution in [1.29, 1.82) is 0 Å². The highest BCUT2D eigenvalue weighted by atomic mass is 32.2. The number of aryl methyl sites for hydroxylation is 1. The molecular formula is C30H41N3O4S. The number of hydrogen-bond acceptors (Lipinski definition) is 5. The molecule has 8 heteroatoms. The van der Waals surface area contributed by atoms with E-state index in [0.29, 0.717) is 24.3 Å². The van der Waals surface area contributed by atoms with Gasteiger partial charge in [-0.25, -0.2) is 4.79 Å². The second-order valence-electron chi connectivity index (χ2n) is 9.95. The smallest absolute Gasteiger partial charge is 0.326 e. The molecule has 2 aromatic rings. The number of carbonyl (C=O) groups excluding carboxylic acids is 2. The monoisotopic (exact) mass is 539 g/mol. The molecule has 2 aromatic carbocycles. The standard InChI is InChI=1S/C30H41N3O4S/c1-4-10-26(29(35)33-16-8-5-9-17-33)31-20-22-13-14-24(25(19-22)23-12-7-6-11-21(23)2)28(34)32-27(30(36)37)15-18-38-3/h6-7,11-14,19,26-27,31H,4-5,8-10,15-18,20H2,1-3H3,(H,32,34)(H,36,37). The lowest BCUT2D eigenvalue weighted by Crippen LogP contribution is -2.48. The molecule has 1 saturated heterocycles. The predicted octanol–water partition coefficient (Wildman–Crippen LogP) is 4.87. The fraction of sp³-hybridized carbons (Fsp3) is 0.500. The van der Waals surface area contributed by atoms with E-state index in [1.54, 1.807) is 17.8 Å². The third kappa shape index (κ3) is 8.08. The Morgan fingerprint density at radius 2 is 1.74 bits per heavy atom. The van der Waals surface area contributed by atoms with Gasteiger partial charge in [0, 0.05) is 25.2 Å². The molecule has 1 heterocycles. The van der Waals surface area contributed by atoms with Crippen molar-refractivity contribution in [2.75, 3.05) is 25.1 Å². The number of carboxylic acids is 1. The Labute approximate surface area is 230 Å². The summed E-state index contributed by atoms with van der Waals surface area (Å²) in [5.74, 6) is -0.625. The topological polar surface area (TPSA) is 98.7 Å². The Hall–Kier alpha value is -2.84. The van der Waals surface area contributed by atoms with Gasteiger partial charge in [-0.05, 0) is 85.4 Å². The van der Waals surface area contributed by atoms with E-state index in [1.165, 1.54) is 6.42 Å². The van der Waals surface area contributed by atoms with E-state index in [2.05, 4.69) is 17.6 Å². The molecule has 3 rings (SSSR count). The van der Waals surface area contributed by atoms with Gasteiger partial charge in [-0.2, -0.15) is 11.8 Å². The molecule has 38 heavy (non-hydrogen) atoms. The molecule has 2 unspecified atom stereocenters. The number of likely N-dealkylation sites (tertiary alicyclic amines) is 1. The van der Waals surface area contributed by atoms with Gasteiger partial charge in [0.1, 0.15) is 6.04 Å². The Morgan fingerprint density at radius 1 is 1.00 bits per heavy atom. The number of aliphatic carboxylic acids is 1. The van der Waals surface area contributed by atoms with Crippen molar-refractivity contribution >= 4 is 29.5 Å². The summed E-state index contributed by atoms with van der Waals surface area (Å²) in [6.07, 6.45) is 7.26. The summed E-state index contributed by atoms with van der Waals surface area (Å²) in [6, 6.07) is 12.3. The predicted molar refractivity (Wildman–Crippen MR) is 154 cm³/mol. The molecule has 1 fully saturated rings. The van der Waals surface area contributed by atoms with Gasteiger partial charge in [0.05, 0.1) is 6.04 Å². The quantitative estimate of drug-likeness (QED) is 0.336. The molecule has 0 aromatic heterocycles. The van der Waals surface area contributed by atoms with Crippen molar-refractivity contribution in [2.24, 2.45) is 0 Å². The second-order valence-corrected chi connectivity index (χ2v) is 10.9. The summed E-state index contributed by atoms with van der Waals surface area (Å²) in [5, 5.41) is 15.8. The minimum absolute atomic E-state index is 0.173. The maximum Gasteiger partial charge on any atom is 0.326 e. The van der Waals surface area contributed by atoms with Gasteiger partial charge in [-0.3, -0.25) is 9.59 Å². The van der Waals surface area contributed by atoms with Crippen LogP contribution in [0.4, 0.5) is 0 Å². The van der Waals surface area contributed by atoms with E-state index in [0.717, 1.165) is 61.0 Å². The Balaban J connectivity index is 1.85. The molecule has 0 saturated carbocycles. The molecule has 3 N–H and O–H groups in total. The number of nitrogens with one attached hydrogen (secondary N) is 2. The van der Waals surface area contributed by atoms with Crippen molar-refractivity contribution in [1.82, 2.24) is 15.5 Å². The maximum atomic E-state index is 13.3. The number of rotatable bonds is 13. The zero-order chi connectivity index (χ0) is 27.5. The number of nitrogens with zero attached hydrogens (tertiary/aromatic N) is 1. The van der Waals surface area contributed by atoms with Gasteiger partial charge in [0.15, 0.2) is 0 Å². The average Bonchev–Trinajstić information content (AvgIpc) is 2.93. The van der Waals surface area contributed by atoms with Crippen LogP contribution in [-0.4, -0.2) is 65.0 Å². The molecule has 1 aliphatic rings. The lowest BCUT2D eigenvalue weighted by atomic mass is 9.93. The molecule has 2 atom stereocenters. The highest BCUT2D eigenvalue weighted by molar-refractivity contribution is 7.98. The van der Waals surface area contributed by atoms with E-state index in [4.69, 9.17) is 0 Å². The fourth-order valence-electron chi connectivity index (χ4n) is 4.90. The van der Waals surface area contributed by atoms with Crippen LogP contribution >= 0.6 is 11.8 Å². The summed E-state index contributed by atoms with van der Waals surface area (Å²) < 4.78 is 0. The van der Waals surface area contributed by atoms with Crippen molar-refractivity contribution in [3.63, 3.8) is 0 Å². The maximum absolute atomic E-state index is 13.3. The van der Waals surface area contributed by atoms with E-state index in [1.807, 2.05) is 54.5 Å². The van der Waals surface area contributed by atoms with Crippen LogP contribution in [0.5, 0.6) is 0 Å². The summed E-state index contributed by atoms with van der Waals surface area (Å²) in [5.41, 5.74) is 4.10. The first-order valence-electron chi connectivity index (χ1n) is 13.6. The third-order valence-electron chi connectivity index (χ3n) is 7.07. The Bertz CT molecular complexity index is 1100. The van der Waals surface area contributed by atoms with Gasteiger partial charge >= 0.3 is 5.97 Å². The lowest BCUT2D eigenvalue weighted by molar-refractivity contribution is -0.139. The molecule has 0 bridgehead atoms. The zero-order valence-electron chi connectivity index (χ0n) is 22.8. The van der Waals surface area contributed by atoms with E-state index >= 15 is 0 Å². The molecular weight excluding hydrogens is 498 g/mol. The first kappa shape index (κ1) is 29.7. The van der Waals surface area contributed by atoms with Gasteiger partial charge in [-0.1, -0.05) is 43.7 Å². The number of amides is 2. The molecule has 1 aliphatic heterocycles. The Kier molecular flexibility index (Phi) is 11.7. The van der Waals surface area contributed by atoms with Crippen molar-refractivity contribution in [3.8, 4) is 11.1 Å². The van der Waals surface area contributed by atoms with Crippen molar-refractivity contribution < 1.29 is 19.5 Å². The van der Waals surface area contributed by atoms with E-state index < -0.39 is 17.9 Å². The van der Waals surface area contributed by atoms with Crippen LogP contribution in [0.2, 0.25) is 0 Å².